The standard InChI is InChI=1S/C15H20N2O5S/c1-15(2,14(19)22-3)16-13(18)10-4-8-12(9-5-10)23(20,21)17-11-6-7-11/h4-5,8-9,11,17H,6-7H2,1-3H3,(H,16,18). The molecule has 1 saturated carbocycles. The Morgan fingerprint density at radius 2 is 1.74 bits per heavy atom. The van der Waals surface area contributed by atoms with Gasteiger partial charge in [-0.2, -0.15) is 0 Å². The van der Waals surface area contributed by atoms with Crippen molar-refractivity contribution < 1.29 is 22.7 Å². The maximum absolute atomic E-state index is 12.1. The fraction of sp³-hybridized carbons (Fsp3) is 0.467. The van der Waals surface area contributed by atoms with E-state index in [0.29, 0.717) is 0 Å². The van der Waals surface area contributed by atoms with Crippen LogP contribution in [-0.2, 0) is 19.6 Å². The Morgan fingerprint density at radius 3 is 2.22 bits per heavy atom. The van der Waals surface area contributed by atoms with Gasteiger partial charge in [0.15, 0.2) is 0 Å². The molecule has 0 heterocycles. The van der Waals surface area contributed by atoms with Gasteiger partial charge in [-0.25, -0.2) is 17.9 Å². The quantitative estimate of drug-likeness (QED) is 0.746. The third kappa shape index (κ3) is 4.29. The third-order valence-electron chi connectivity index (χ3n) is 3.45. The summed E-state index contributed by atoms with van der Waals surface area (Å²) in [7, 11) is -2.31. The van der Waals surface area contributed by atoms with Gasteiger partial charge in [-0.05, 0) is 51.0 Å². The molecule has 2 N–H and O–H groups in total. The van der Waals surface area contributed by atoms with Crippen LogP contribution in [0.1, 0.15) is 37.0 Å². The van der Waals surface area contributed by atoms with Gasteiger partial charge >= 0.3 is 5.97 Å². The minimum Gasteiger partial charge on any atom is -0.467 e. The molecule has 23 heavy (non-hydrogen) atoms. The number of nitrogens with one attached hydrogen (secondary N) is 2. The molecule has 0 saturated heterocycles. The number of carbonyl (C=O) groups excluding carboxylic acids is 2. The van der Waals surface area contributed by atoms with Crippen LogP contribution in [-0.4, -0.2) is 39.0 Å². The first-order valence-electron chi connectivity index (χ1n) is 7.19. The molecular formula is C15H20N2O5S. The highest BCUT2D eigenvalue weighted by atomic mass is 32.2. The molecule has 0 atom stereocenters. The second-order valence-corrected chi connectivity index (χ2v) is 7.70. The van der Waals surface area contributed by atoms with Crippen molar-refractivity contribution in [2.45, 2.75) is 43.2 Å². The molecule has 0 radical (unpaired) electrons. The number of carbonyl (C=O) groups is 2. The lowest BCUT2D eigenvalue weighted by Gasteiger charge is -2.23. The maximum Gasteiger partial charge on any atom is 0.330 e. The van der Waals surface area contributed by atoms with Crippen LogP contribution in [0, 0.1) is 0 Å². The maximum atomic E-state index is 12.1. The van der Waals surface area contributed by atoms with E-state index >= 15 is 0 Å². The molecule has 0 bridgehead atoms. The lowest BCUT2D eigenvalue weighted by Crippen LogP contribution is -2.50. The molecule has 1 aromatic carbocycles. The van der Waals surface area contributed by atoms with Gasteiger partial charge in [-0.3, -0.25) is 4.79 Å². The molecule has 2 rings (SSSR count). The minimum atomic E-state index is -3.55. The molecule has 126 valence electrons. The number of sulfonamides is 1. The Hall–Kier alpha value is -1.93. The molecule has 0 spiro atoms. The second kappa shape index (κ2) is 6.29. The zero-order valence-electron chi connectivity index (χ0n) is 13.3. The number of hydrogen-bond acceptors (Lipinski definition) is 5. The van der Waals surface area contributed by atoms with Crippen LogP contribution in [0.5, 0.6) is 0 Å². The Bertz CT molecular complexity index is 706. The van der Waals surface area contributed by atoms with E-state index in [1.54, 1.807) is 0 Å². The van der Waals surface area contributed by atoms with Crippen molar-refractivity contribution in [3.05, 3.63) is 29.8 Å². The molecule has 0 unspecified atom stereocenters. The Kier molecular flexibility index (Phi) is 4.76. The Labute approximate surface area is 135 Å². The van der Waals surface area contributed by atoms with E-state index in [4.69, 9.17) is 0 Å². The summed E-state index contributed by atoms with van der Waals surface area (Å²) in [6.07, 6.45) is 1.70. The summed E-state index contributed by atoms with van der Waals surface area (Å²) in [6, 6.07) is 5.56. The van der Waals surface area contributed by atoms with Gasteiger partial charge in [-0.15, -0.1) is 0 Å². The molecule has 1 aliphatic rings. The van der Waals surface area contributed by atoms with E-state index in [0.717, 1.165) is 12.8 Å². The fourth-order valence-electron chi connectivity index (χ4n) is 1.94. The molecule has 1 fully saturated rings. The van der Waals surface area contributed by atoms with Gasteiger partial charge in [0.05, 0.1) is 12.0 Å². The average Bonchev–Trinajstić information content (AvgIpc) is 3.29. The van der Waals surface area contributed by atoms with E-state index in [9.17, 15) is 18.0 Å². The predicted octanol–water partition coefficient (Wildman–Crippen LogP) is 0.809. The molecule has 1 aliphatic carbocycles. The summed E-state index contributed by atoms with van der Waals surface area (Å²) in [6.45, 7) is 3.05. The summed E-state index contributed by atoms with van der Waals surface area (Å²) in [5, 5.41) is 2.55. The Morgan fingerprint density at radius 1 is 1.17 bits per heavy atom. The van der Waals surface area contributed by atoms with Crippen LogP contribution >= 0.6 is 0 Å². The van der Waals surface area contributed by atoms with Crippen molar-refractivity contribution in [2.75, 3.05) is 7.11 Å². The number of amides is 1. The normalized spacial score (nSPS) is 15.1. The summed E-state index contributed by atoms with van der Waals surface area (Å²) in [5.74, 6) is -1.06. The van der Waals surface area contributed by atoms with Crippen molar-refractivity contribution >= 4 is 21.9 Å². The highest BCUT2D eigenvalue weighted by Gasteiger charge is 2.31. The van der Waals surface area contributed by atoms with Gasteiger partial charge in [0, 0.05) is 11.6 Å². The lowest BCUT2D eigenvalue weighted by atomic mass is 10.1. The van der Waals surface area contributed by atoms with Crippen LogP contribution in [0.3, 0.4) is 0 Å². The second-order valence-electron chi connectivity index (χ2n) is 5.99. The number of benzene rings is 1. The van der Waals surface area contributed by atoms with Gasteiger partial charge in [0.25, 0.3) is 5.91 Å². The van der Waals surface area contributed by atoms with Crippen LogP contribution in [0.25, 0.3) is 0 Å². The van der Waals surface area contributed by atoms with E-state index < -0.39 is 27.4 Å². The summed E-state index contributed by atoms with van der Waals surface area (Å²) in [4.78, 5) is 23.8. The van der Waals surface area contributed by atoms with E-state index in [1.807, 2.05) is 0 Å². The van der Waals surface area contributed by atoms with Gasteiger partial charge in [0.1, 0.15) is 5.54 Å². The number of methoxy groups -OCH3 is 1. The zero-order valence-corrected chi connectivity index (χ0v) is 14.1. The zero-order chi connectivity index (χ0) is 17.3. The van der Waals surface area contributed by atoms with Crippen LogP contribution in [0.2, 0.25) is 0 Å². The van der Waals surface area contributed by atoms with E-state index in [2.05, 4.69) is 14.8 Å². The molecular weight excluding hydrogens is 320 g/mol. The van der Waals surface area contributed by atoms with Crippen molar-refractivity contribution in [3.8, 4) is 0 Å². The van der Waals surface area contributed by atoms with Crippen molar-refractivity contribution in [2.24, 2.45) is 0 Å². The first-order valence-corrected chi connectivity index (χ1v) is 8.67. The van der Waals surface area contributed by atoms with Gasteiger partial charge in [0.2, 0.25) is 10.0 Å². The van der Waals surface area contributed by atoms with E-state index in [1.165, 1.54) is 45.2 Å². The van der Waals surface area contributed by atoms with Crippen LogP contribution in [0.4, 0.5) is 0 Å². The summed E-state index contributed by atoms with van der Waals surface area (Å²) >= 11 is 0. The molecule has 0 aromatic heterocycles. The van der Waals surface area contributed by atoms with Crippen molar-refractivity contribution in [1.29, 1.82) is 0 Å². The molecule has 7 nitrogen and oxygen atoms in total. The van der Waals surface area contributed by atoms with Crippen molar-refractivity contribution in [1.82, 2.24) is 10.0 Å². The number of ether oxygens (including phenoxy) is 1. The fourth-order valence-corrected chi connectivity index (χ4v) is 3.24. The number of rotatable bonds is 6. The molecule has 8 heteroatoms. The summed E-state index contributed by atoms with van der Waals surface area (Å²) in [5.41, 5.74) is -0.920. The molecule has 1 amide bonds. The molecule has 0 aliphatic heterocycles. The first kappa shape index (κ1) is 17.4. The van der Waals surface area contributed by atoms with Crippen LogP contribution in [0.15, 0.2) is 29.2 Å². The predicted molar refractivity (Wildman–Crippen MR) is 83.3 cm³/mol. The van der Waals surface area contributed by atoms with Gasteiger partial charge in [-0.1, -0.05) is 0 Å². The van der Waals surface area contributed by atoms with E-state index in [-0.39, 0.29) is 16.5 Å². The Balaban J connectivity index is 2.09. The smallest absolute Gasteiger partial charge is 0.330 e. The summed E-state index contributed by atoms with van der Waals surface area (Å²) < 4.78 is 31.3. The molecule has 1 aromatic rings. The number of hydrogen-bond donors (Lipinski definition) is 2. The van der Waals surface area contributed by atoms with Crippen molar-refractivity contribution in [3.63, 3.8) is 0 Å². The topological polar surface area (TPSA) is 102 Å². The lowest BCUT2D eigenvalue weighted by molar-refractivity contribution is -0.146. The minimum absolute atomic E-state index is 0.0174. The van der Waals surface area contributed by atoms with Crippen LogP contribution < -0.4 is 10.0 Å². The average molecular weight is 340 g/mol. The highest BCUT2D eigenvalue weighted by molar-refractivity contribution is 7.89. The monoisotopic (exact) mass is 340 g/mol. The SMILES string of the molecule is COC(=O)C(C)(C)NC(=O)c1ccc(S(=O)(=O)NC2CC2)cc1. The van der Waals surface area contributed by atoms with Gasteiger partial charge < -0.3 is 10.1 Å². The largest absolute Gasteiger partial charge is 0.467 e. The first-order chi connectivity index (χ1) is 10.7. The highest BCUT2D eigenvalue weighted by Crippen LogP contribution is 2.22. The number of esters is 1. The third-order valence-corrected chi connectivity index (χ3v) is 4.98.